The molecule has 2 nitrogen and oxygen atoms in total. The van der Waals surface area contributed by atoms with Crippen LogP contribution in [0.1, 0.15) is 24.4 Å². The quantitative estimate of drug-likeness (QED) is 0.888. The van der Waals surface area contributed by atoms with Crippen molar-refractivity contribution in [3.8, 4) is 0 Å². The first-order valence-electron chi connectivity index (χ1n) is 5.28. The van der Waals surface area contributed by atoms with Gasteiger partial charge in [-0.05, 0) is 36.6 Å². The van der Waals surface area contributed by atoms with Gasteiger partial charge in [0.25, 0.3) is 0 Å². The Bertz CT molecular complexity index is 512. The van der Waals surface area contributed by atoms with Crippen molar-refractivity contribution in [3.63, 3.8) is 0 Å². The van der Waals surface area contributed by atoms with Gasteiger partial charge in [-0.15, -0.1) is 0 Å². The molecule has 1 aliphatic rings. The largest absolute Gasteiger partial charge is 0.344 e. The van der Waals surface area contributed by atoms with Gasteiger partial charge in [-0.2, -0.15) is 0 Å². The van der Waals surface area contributed by atoms with E-state index in [0.29, 0.717) is 12.6 Å². The third-order valence-corrected chi connectivity index (χ3v) is 3.53. The lowest BCUT2D eigenvalue weighted by Crippen LogP contribution is -1.94. The van der Waals surface area contributed by atoms with Gasteiger partial charge in [0.15, 0.2) is 0 Å². The van der Waals surface area contributed by atoms with E-state index in [1.807, 2.05) is 0 Å². The van der Waals surface area contributed by atoms with E-state index in [1.165, 1.54) is 29.3 Å². The fourth-order valence-electron chi connectivity index (χ4n) is 2.12. The number of fused-ring (bicyclic) bond motifs is 1. The predicted molar refractivity (Wildman–Crippen MR) is 65.8 cm³/mol. The molecule has 0 radical (unpaired) electrons. The van der Waals surface area contributed by atoms with Crippen LogP contribution >= 0.6 is 15.9 Å². The van der Waals surface area contributed by atoms with E-state index >= 15 is 0 Å². The van der Waals surface area contributed by atoms with Crippen LogP contribution in [0.3, 0.4) is 0 Å². The van der Waals surface area contributed by atoms with Crippen molar-refractivity contribution < 1.29 is 0 Å². The van der Waals surface area contributed by atoms with Gasteiger partial charge in [0.1, 0.15) is 0 Å². The number of rotatable bonds is 2. The summed E-state index contributed by atoms with van der Waals surface area (Å²) in [6.45, 7) is 0.618. The molecule has 0 atom stereocenters. The highest BCUT2D eigenvalue weighted by Gasteiger charge is 2.25. The first kappa shape index (κ1) is 9.43. The van der Waals surface area contributed by atoms with Crippen LogP contribution in [0.15, 0.2) is 28.9 Å². The summed E-state index contributed by atoms with van der Waals surface area (Å²) in [5.41, 5.74) is 8.34. The van der Waals surface area contributed by atoms with E-state index in [2.05, 4.69) is 44.9 Å². The van der Waals surface area contributed by atoms with Crippen LogP contribution in [0.2, 0.25) is 0 Å². The van der Waals surface area contributed by atoms with Crippen LogP contribution in [0, 0.1) is 0 Å². The van der Waals surface area contributed by atoms with Gasteiger partial charge in [-0.3, -0.25) is 0 Å². The average Bonchev–Trinajstić information content (AvgIpc) is 3.01. The molecule has 3 heteroatoms. The Morgan fingerprint density at radius 1 is 1.40 bits per heavy atom. The minimum atomic E-state index is 0.618. The molecule has 3 rings (SSSR count). The molecule has 0 spiro atoms. The summed E-state index contributed by atoms with van der Waals surface area (Å²) in [5, 5.41) is 1.29. The molecule has 78 valence electrons. The highest BCUT2D eigenvalue weighted by molar-refractivity contribution is 9.10. The Hall–Kier alpha value is -0.800. The van der Waals surface area contributed by atoms with Gasteiger partial charge in [0, 0.05) is 34.2 Å². The number of nitrogens with two attached hydrogens (primary N) is 1. The molecule has 15 heavy (non-hydrogen) atoms. The topological polar surface area (TPSA) is 30.9 Å². The second-order valence-electron chi connectivity index (χ2n) is 4.16. The lowest BCUT2D eigenvalue weighted by molar-refractivity contribution is 0.771. The fraction of sp³-hybridized carbons (Fsp3) is 0.333. The van der Waals surface area contributed by atoms with Gasteiger partial charge >= 0.3 is 0 Å². The van der Waals surface area contributed by atoms with Crippen LogP contribution in [-0.2, 0) is 6.54 Å². The van der Waals surface area contributed by atoms with E-state index in [-0.39, 0.29) is 0 Å². The first-order valence-corrected chi connectivity index (χ1v) is 6.08. The van der Waals surface area contributed by atoms with Crippen molar-refractivity contribution in [1.29, 1.82) is 0 Å². The molecule has 1 fully saturated rings. The van der Waals surface area contributed by atoms with Crippen molar-refractivity contribution in [1.82, 2.24) is 4.57 Å². The molecule has 1 aromatic heterocycles. The average molecular weight is 265 g/mol. The Morgan fingerprint density at radius 3 is 2.87 bits per heavy atom. The Morgan fingerprint density at radius 2 is 2.20 bits per heavy atom. The number of hydrogen-bond acceptors (Lipinski definition) is 1. The van der Waals surface area contributed by atoms with Gasteiger partial charge in [-0.25, -0.2) is 0 Å². The molecule has 1 aromatic carbocycles. The van der Waals surface area contributed by atoms with Gasteiger partial charge in [-0.1, -0.05) is 15.9 Å². The van der Waals surface area contributed by atoms with Crippen LogP contribution < -0.4 is 5.73 Å². The van der Waals surface area contributed by atoms with E-state index in [0.717, 1.165) is 4.47 Å². The molecule has 0 amide bonds. The molecule has 1 heterocycles. The second kappa shape index (κ2) is 3.35. The van der Waals surface area contributed by atoms with E-state index < -0.39 is 0 Å². The highest BCUT2D eigenvalue weighted by atomic mass is 79.9. The summed E-state index contributed by atoms with van der Waals surface area (Å²) in [4.78, 5) is 0. The smallest absolute Gasteiger partial charge is 0.0487 e. The molecule has 0 bridgehead atoms. The normalized spacial score (nSPS) is 16.1. The molecule has 1 saturated carbocycles. The summed E-state index contributed by atoms with van der Waals surface area (Å²) in [6.07, 6.45) is 4.84. The predicted octanol–water partition coefficient (Wildman–Crippen LogP) is 3.20. The second-order valence-corrected chi connectivity index (χ2v) is 5.07. The molecule has 1 aliphatic carbocycles. The number of benzene rings is 1. The number of nitrogens with zero attached hydrogens (tertiary/aromatic N) is 1. The number of halogens is 1. The number of hydrogen-bond donors (Lipinski definition) is 1. The van der Waals surface area contributed by atoms with Crippen LogP contribution in [0.5, 0.6) is 0 Å². The first-order chi connectivity index (χ1) is 7.29. The summed E-state index contributed by atoms with van der Waals surface area (Å²) in [5.74, 6) is 0. The number of aromatic nitrogens is 1. The van der Waals surface area contributed by atoms with Crippen molar-refractivity contribution in [2.24, 2.45) is 5.73 Å². The zero-order chi connectivity index (χ0) is 10.4. The standard InChI is InChI=1S/C12H13BrN2/c13-9-1-4-12-11(5-9)8(6-14)7-15(12)10-2-3-10/h1,4-5,7,10H,2-3,6,14H2. The Kier molecular flexibility index (Phi) is 2.11. The Balaban J connectivity index is 2.28. The van der Waals surface area contributed by atoms with Crippen LogP contribution in [0.25, 0.3) is 10.9 Å². The van der Waals surface area contributed by atoms with E-state index in [9.17, 15) is 0 Å². The van der Waals surface area contributed by atoms with Crippen LogP contribution in [-0.4, -0.2) is 4.57 Å². The fourth-order valence-corrected chi connectivity index (χ4v) is 2.48. The van der Waals surface area contributed by atoms with E-state index in [4.69, 9.17) is 5.73 Å². The summed E-state index contributed by atoms with van der Waals surface area (Å²) >= 11 is 3.51. The van der Waals surface area contributed by atoms with Gasteiger partial charge in [0.05, 0.1) is 0 Å². The van der Waals surface area contributed by atoms with Crippen molar-refractivity contribution >= 4 is 26.8 Å². The molecule has 2 aromatic rings. The van der Waals surface area contributed by atoms with Crippen molar-refractivity contribution in [2.75, 3.05) is 0 Å². The van der Waals surface area contributed by atoms with Crippen molar-refractivity contribution in [2.45, 2.75) is 25.4 Å². The summed E-state index contributed by atoms with van der Waals surface area (Å²) < 4.78 is 3.50. The monoisotopic (exact) mass is 264 g/mol. The highest BCUT2D eigenvalue weighted by Crippen LogP contribution is 2.39. The van der Waals surface area contributed by atoms with Gasteiger partial charge < -0.3 is 10.3 Å². The van der Waals surface area contributed by atoms with E-state index in [1.54, 1.807) is 0 Å². The Labute approximate surface area is 97.2 Å². The maximum Gasteiger partial charge on any atom is 0.0487 e. The zero-order valence-corrected chi connectivity index (χ0v) is 10.00. The third kappa shape index (κ3) is 1.50. The summed E-state index contributed by atoms with van der Waals surface area (Å²) in [7, 11) is 0. The van der Waals surface area contributed by atoms with Gasteiger partial charge in [0.2, 0.25) is 0 Å². The molecular formula is C12H13BrN2. The minimum absolute atomic E-state index is 0.618. The maximum atomic E-state index is 5.77. The summed E-state index contributed by atoms with van der Waals surface area (Å²) in [6, 6.07) is 7.16. The molecule has 0 unspecified atom stereocenters. The third-order valence-electron chi connectivity index (χ3n) is 3.04. The van der Waals surface area contributed by atoms with Crippen LogP contribution in [0.4, 0.5) is 0 Å². The van der Waals surface area contributed by atoms with Crippen molar-refractivity contribution in [3.05, 3.63) is 34.4 Å². The molecule has 2 N–H and O–H groups in total. The maximum absolute atomic E-state index is 5.77. The molecule has 0 saturated heterocycles. The minimum Gasteiger partial charge on any atom is -0.344 e. The lowest BCUT2D eigenvalue weighted by Gasteiger charge is -2.01. The molecular weight excluding hydrogens is 252 g/mol. The lowest BCUT2D eigenvalue weighted by atomic mass is 10.2. The SMILES string of the molecule is NCc1cn(C2CC2)c2ccc(Br)cc12. The zero-order valence-electron chi connectivity index (χ0n) is 8.41. The molecule has 0 aliphatic heterocycles.